The van der Waals surface area contributed by atoms with Crippen LogP contribution in [0.5, 0.6) is 0 Å². The van der Waals surface area contributed by atoms with Crippen molar-refractivity contribution in [1.82, 2.24) is 4.98 Å². The monoisotopic (exact) mass is 361 g/mol. The number of hydrogen-bond acceptors (Lipinski definition) is 5. The Morgan fingerprint density at radius 3 is 2.30 bits per heavy atom. The SMILES string of the molecule is COC(=O)c1ccccc1Nc1ccc(C(=O)Nc2ccc(C)cc2)nc1. The summed E-state index contributed by atoms with van der Waals surface area (Å²) < 4.78 is 4.78. The van der Waals surface area contributed by atoms with Crippen LogP contribution in [0, 0.1) is 6.92 Å². The zero-order valence-electron chi connectivity index (χ0n) is 15.0. The van der Waals surface area contributed by atoms with Crippen LogP contribution in [0.1, 0.15) is 26.4 Å². The highest BCUT2D eigenvalue weighted by atomic mass is 16.5. The molecule has 3 rings (SSSR count). The number of nitrogens with zero attached hydrogens (tertiary/aromatic N) is 1. The fraction of sp³-hybridized carbons (Fsp3) is 0.0952. The second kappa shape index (κ2) is 8.14. The van der Waals surface area contributed by atoms with Gasteiger partial charge in [-0.25, -0.2) is 9.78 Å². The summed E-state index contributed by atoms with van der Waals surface area (Å²) in [4.78, 5) is 28.3. The summed E-state index contributed by atoms with van der Waals surface area (Å²) in [7, 11) is 1.34. The molecule has 0 saturated heterocycles. The predicted molar refractivity (Wildman–Crippen MR) is 104 cm³/mol. The minimum Gasteiger partial charge on any atom is -0.465 e. The highest BCUT2D eigenvalue weighted by Gasteiger charge is 2.12. The van der Waals surface area contributed by atoms with Crippen molar-refractivity contribution in [2.45, 2.75) is 6.92 Å². The second-order valence-electron chi connectivity index (χ2n) is 5.91. The third-order valence-electron chi connectivity index (χ3n) is 3.92. The molecule has 0 atom stereocenters. The Hall–Kier alpha value is -3.67. The number of anilines is 3. The average molecular weight is 361 g/mol. The van der Waals surface area contributed by atoms with Gasteiger partial charge in [-0.15, -0.1) is 0 Å². The Kier molecular flexibility index (Phi) is 5.47. The normalized spacial score (nSPS) is 10.1. The summed E-state index contributed by atoms with van der Waals surface area (Å²) in [6.07, 6.45) is 1.54. The molecule has 3 aromatic rings. The number of amides is 1. The van der Waals surface area contributed by atoms with Crippen LogP contribution in [0.15, 0.2) is 66.9 Å². The van der Waals surface area contributed by atoms with Gasteiger partial charge in [0.15, 0.2) is 0 Å². The molecule has 0 bridgehead atoms. The van der Waals surface area contributed by atoms with Crippen LogP contribution in [0.4, 0.5) is 17.1 Å². The van der Waals surface area contributed by atoms with Crippen LogP contribution in [0.3, 0.4) is 0 Å². The van der Waals surface area contributed by atoms with E-state index in [1.54, 1.807) is 30.3 Å². The second-order valence-corrected chi connectivity index (χ2v) is 5.91. The fourth-order valence-corrected chi connectivity index (χ4v) is 2.47. The van der Waals surface area contributed by atoms with Crippen LogP contribution < -0.4 is 10.6 Å². The van der Waals surface area contributed by atoms with Gasteiger partial charge in [-0.3, -0.25) is 4.79 Å². The Morgan fingerprint density at radius 1 is 0.926 bits per heavy atom. The zero-order chi connectivity index (χ0) is 19.2. The highest BCUT2D eigenvalue weighted by molar-refractivity contribution is 6.03. The first-order chi connectivity index (χ1) is 13.1. The Balaban J connectivity index is 1.71. The lowest BCUT2D eigenvalue weighted by molar-refractivity contribution is 0.0601. The quantitative estimate of drug-likeness (QED) is 0.667. The molecule has 0 fully saturated rings. The first kappa shape index (κ1) is 18.1. The fourth-order valence-electron chi connectivity index (χ4n) is 2.47. The maximum atomic E-state index is 12.3. The maximum Gasteiger partial charge on any atom is 0.339 e. The molecule has 136 valence electrons. The van der Waals surface area contributed by atoms with E-state index in [1.807, 2.05) is 37.3 Å². The largest absolute Gasteiger partial charge is 0.465 e. The lowest BCUT2D eigenvalue weighted by atomic mass is 10.1. The number of aryl methyl sites for hydroxylation is 1. The summed E-state index contributed by atoms with van der Waals surface area (Å²) in [5, 5.41) is 5.92. The average Bonchev–Trinajstić information content (AvgIpc) is 2.70. The lowest BCUT2D eigenvalue weighted by Crippen LogP contribution is -2.13. The van der Waals surface area contributed by atoms with Gasteiger partial charge in [-0.1, -0.05) is 29.8 Å². The van der Waals surface area contributed by atoms with Gasteiger partial charge in [-0.2, -0.15) is 0 Å². The molecule has 0 radical (unpaired) electrons. The van der Waals surface area contributed by atoms with Gasteiger partial charge in [0.1, 0.15) is 5.69 Å². The third kappa shape index (κ3) is 4.49. The summed E-state index contributed by atoms with van der Waals surface area (Å²) in [6, 6.07) is 17.9. The van der Waals surface area contributed by atoms with Crippen LogP contribution in [-0.2, 0) is 4.74 Å². The van der Waals surface area contributed by atoms with Crippen molar-refractivity contribution in [3.05, 3.63) is 83.7 Å². The molecular formula is C21H19N3O3. The van der Waals surface area contributed by atoms with Gasteiger partial charge >= 0.3 is 5.97 Å². The number of benzene rings is 2. The number of ether oxygens (including phenoxy) is 1. The summed E-state index contributed by atoms with van der Waals surface area (Å²) >= 11 is 0. The molecule has 0 saturated carbocycles. The van der Waals surface area contributed by atoms with Crippen molar-refractivity contribution in [2.24, 2.45) is 0 Å². The van der Waals surface area contributed by atoms with Crippen LogP contribution in [0.25, 0.3) is 0 Å². The van der Waals surface area contributed by atoms with E-state index < -0.39 is 5.97 Å². The van der Waals surface area contributed by atoms with E-state index in [4.69, 9.17) is 4.74 Å². The van der Waals surface area contributed by atoms with Crippen molar-refractivity contribution in [2.75, 3.05) is 17.7 Å². The molecule has 27 heavy (non-hydrogen) atoms. The van der Waals surface area contributed by atoms with Gasteiger partial charge in [0.05, 0.1) is 30.2 Å². The van der Waals surface area contributed by atoms with Crippen molar-refractivity contribution in [3.8, 4) is 0 Å². The minimum absolute atomic E-state index is 0.291. The Bertz CT molecular complexity index is 951. The number of hydrogen-bond donors (Lipinski definition) is 2. The van der Waals surface area contributed by atoms with Gasteiger partial charge in [0, 0.05) is 5.69 Å². The van der Waals surface area contributed by atoms with E-state index in [2.05, 4.69) is 15.6 Å². The number of nitrogens with one attached hydrogen (secondary N) is 2. The van der Waals surface area contributed by atoms with Gasteiger partial charge < -0.3 is 15.4 Å². The summed E-state index contributed by atoms with van der Waals surface area (Å²) in [5.74, 6) is -0.722. The molecular weight excluding hydrogens is 342 g/mol. The molecule has 2 N–H and O–H groups in total. The van der Waals surface area contributed by atoms with Crippen LogP contribution >= 0.6 is 0 Å². The van der Waals surface area contributed by atoms with E-state index in [1.165, 1.54) is 13.3 Å². The first-order valence-electron chi connectivity index (χ1n) is 8.35. The van der Waals surface area contributed by atoms with Crippen molar-refractivity contribution in [3.63, 3.8) is 0 Å². The molecule has 2 aromatic carbocycles. The van der Waals surface area contributed by atoms with E-state index in [9.17, 15) is 9.59 Å². The summed E-state index contributed by atoms with van der Waals surface area (Å²) in [5.41, 5.74) is 3.79. The van der Waals surface area contributed by atoms with Crippen molar-refractivity contribution < 1.29 is 14.3 Å². The summed E-state index contributed by atoms with van der Waals surface area (Å²) in [6.45, 7) is 1.98. The van der Waals surface area contributed by atoms with Gasteiger partial charge in [0.2, 0.25) is 0 Å². The molecule has 6 heteroatoms. The van der Waals surface area contributed by atoms with Crippen molar-refractivity contribution in [1.29, 1.82) is 0 Å². The number of rotatable bonds is 5. The smallest absolute Gasteiger partial charge is 0.339 e. The molecule has 1 heterocycles. The minimum atomic E-state index is -0.430. The van der Waals surface area contributed by atoms with E-state index >= 15 is 0 Å². The number of aromatic nitrogens is 1. The molecule has 0 aliphatic heterocycles. The number of esters is 1. The molecule has 0 aliphatic carbocycles. The van der Waals surface area contributed by atoms with E-state index in [0.717, 1.165) is 5.56 Å². The number of carbonyl (C=O) groups is 2. The number of para-hydroxylation sites is 1. The number of pyridine rings is 1. The Labute approximate surface area is 157 Å². The Morgan fingerprint density at radius 2 is 1.63 bits per heavy atom. The predicted octanol–water partition coefficient (Wildman–Crippen LogP) is 4.17. The zero-order valence-corrected chi connectivity index (χ0v) is 15.0. The molecule has 1 amide bonds. The molecule has 0 spiro atoms. The third-order valence-corrected chi connectivity index (χ3v) is 3.92. The van der Waals surface area contributed by atoms with Gasteiger partial charge in [-0.05, 0) is 43.3 Å². The maximum absolute atomic E-state index is 12.3. The topological polar surface area (TPSA) is 80.3 Å². The molecule has 0 aliphatic rings. The van der Waals surface area contributed by atoms with Gasteiger partial charge in [0.25, 0.3) is 5.91 Å². The number of carbonyl (C=O) groups excluding carboxylic acids is 2. The van der Waals surface area contributed by atoms with E-state index in [-0.39, 0.29) is 5.91 Å². The standard InChI is InChI=1S/C21H19N3O3/c1-14-7-9-15(10-8-14)24-20(25)19-12-11-16(13-22-19)23-18-6-4-3-5-17(18)21(26)27-2/h3-13,23H,1-2H3,(H,24,25). The molecule has 0 unspecified atom stereocenters. The molecule has 1 aromatic heterocycles. The van der Waals surface area contributed by atoms with Crippen LogP contribution in [-0.4, -0.2) is 24.0 Å². The highest BCUT2D eigenvalue weighted by Crippen LogP contribution is 2.21. The number of methoxy groups -OCH3 is 1. The lowest BCUT2D eigenvalue weighted by Gasteiger charge is -2.11. The van der Waals surface area contributed by atoms with Crippen LogP contribution in [0.2, 0.25) is 0 Å². The van der Waals surface area contributed by atoms with E-state index in [0.29, 0.717) is 28.3 Å². The van der Waals surface area contributed by atoms with Crippen molar-refractivity contribution >= 4 is 28.9 Å². The first-order valence-corrected chi connectivity index (χ1v) is 8.35. The molecule has 6 nitrogen and oxygen atoms in total.